The Bertz CT molecular complexity index is 969. The van der Waals surface area contributed by atoms with Crippen molar-refractivity contribution in [3.05, 3.63) is 60.2 Å². The molecule has 24 heavy (non-hydrogen) atoms. The van der Waals surface area contributed by atoms with Gasteiger partial charge in [0, 0.05) is 9.86 Å². The molecule has 3 aromatic rings. The van der Waals surface area contributed by atoms with Gasteiger partial charge in [-0.3, -0.25) is 4.79 Å². The van der Waals surface area contributed by atoms with Crippen LogP contribution in [0.4, 0.5) is 0 Å². The SMILES string of the molecule is O=C(N/N=C\c1ccc(O)c(I)c1)c1cc2cc(Br)cc(Br)c2o1. The van der Waals surface area contributed by atoms with Crippen LogP contribution >= 0.6 is 54.5 Å². The van der Waals surface area contributed by atoms with E-state index in [0.29, 0.717) is 9.15 Å². The van der Waals surface area contributed by atoms with Crippen LogP contribution in [0.5, 0.6) is 5.75 Å². The van der Waals surface area contributed by atoms with Crippen molar-refractivity contribution in [1.82, 2.24) is 5.43 Å². The van der Waals surface area contributed by atoms with Gasteiger partial charge in [0.05, 0.1) is 14.3 Å². The zero-order chi connectivity index (χ0) is 17.3. The Hall–Kier alpha value is -1.39. The third-order valence-corrected chi connectivity index (χ3v) is 5.02. The second kappa shape index (κ2) is 7.24. The standard InChI is InChI=1S/C16H9Br2IN2O3/c17-10-4-9-5-14(24-15(9)11(18)6-10)16(23)21-20-7-8-1-2-13(22)12(19)3-8/h1-7,22H,(H,21,23)/b20-7-. The van der Waals surface area contributed by atoms with Gasteiger partial charge in [-0.15, -0.1) is 0 Å². The quantitative estimate of drug-likeness (QED) is 0.267. The third kappa shape index (κ3) is 3.81. The van der Waals surface area contributed by atoms with Crippen molar-refractivity contribution < 1.29 is 14.3 Å². The molecule has 0 radical (unpaired) electrons. The summed E-state index contributed by atoms with van der Waals surface area (Å²) in [5, 5.41) is 14.2. The molecule has 122 valence electrons. The van der Waals surface area contributed by atoms with E-state index < -0.39 is 5.91 Å². The van der Waals surface area contributed by atoms with Crippen molar-refractivity contribution in [2.24, 2.45) is 5.10 Å². The number of halogens is 3. The average molecular weight is 564 g/mol. The number of hydrazone groups is 1. The first-order chi connectivity index (χ1) is 11.4. The Morgan fingerprint density at radius 2 is 2.04 bits per heavy atom. The normalized spacial score (nSPS) is 11.3. The van der Waals surface area contributed by atoms with Crippen LogP contribution < -0.4 is 5.43 Å². The zero-order valence-electron chi connectivity index (χ0n) is 11.9. The highest BCUT2D eigenvalue weighted by Gasteiger charge is 2.14. The molecule has 2 aromatic carbocycles. The smallest absolute Gasteiger partial charge is 0.307 e. The molecule has 1 heterocycles. The van der Waals surface area contributed by atoms with Crippen molar-refractivity contribution in [2.45, 2.75) is 0 Å². The van der Waals surface area contributed by atoms with E-state index in [1.54, 1.807) is 24.3 Å². The fourth-order valence-electron chi connectivity index (χ4n) is 2.01. The van der Waals surface area contributed by atoms with E-state index in [4.69, 9.17) is 4.42 Å². The van der Waals surface area contributed by atoms with Crippen LogP contribution in [0.3, 0.4) is 0 Å². The van der Waals surface area contributed by atoms with E-state index >= 15 is 0 Å². The molecule has 1 aromatic heterocycles. The zero-order valence-corrected chi connectivity index (χ0v) is 17.2. The van der Waals surface area contributed by atoms with Gasteiger partial charge in [-0.05, 0) is 80.5 Å². The van der Waals surface area contributed by atoms with E-state index in [2.05, 4.69) is 42.4 Å². The molecule has 2 N–H and O–H groups in total. The summed E-state index contributed by atoms with van der Waals surface area (Å²) in [6.45, 7) is 0. The lowest BCUT2D eigenvalue weighted by atomic mass is 10.2. The number of carbonyl (C=O) groups is 1. The Labute approximate surface area is 167 Å². The van der Waals surface area contributed by atoms with Crippen molar-refractivity contribution in [3.8, 4) is 5.75 Å². The van der Waals surface area contributed by atoms with Crippen LogP contribution in [0.1, 0.15) is 16.1 Å². The van der Waals surface area contributed by atoms with Gasteiger partial charge in [-0.1, -0.05) is 15.9 Å². The molecule has 0 fully saturated rings. The number of aromatic hydroxyl groups is 1. The first-order valence-electron chi connectivity index (χ1n) is 6.64. The van der Waals surface area contributed by atoms with Crippen LogP contribution in [0.15, 0.2) is 54.9 Å². The van der Waals surface area contributed by atoms with Gasteiger partial charge in [0.15, 0.2) is 5.76 Å². The molecule has 1 amide bonds. The van der Waals surface area contributed by atoms with Gasteiger partial charge in [-0.2, -0.15) is 5.10 Å². The number of furan rings is 1. The lowest BCUT2D eigenvalue weighted by Crippen LogP contribution is -2.16. The lowest BCUT2D eigenvalue weighted by Gasteiger charge is -1.98. The molecule has 0 unspecified atom stereocenters. The fourth-order valence-corrected chi connectivity index (χ4v) is 3.89. The molecule has 5 nitrogen and oxygen atoms in total. The summed E-state index contributed by atoms with van der Waals surface area (Å²) in [7, 11) is 0. The van der Waals surface area contributed by atoms with E-state index in [1.807, 2.05) is 34.7 Å². The number of phenols is 1. The molecule has 8 heteroatoms. The van der Waals surface area contributed by atoms with Gasteiger partial charge in [0.1, 0.15) is 11.3 Å². The molecule has 0 saturated carbocycles. The highest BCUT2D eigenvalue weighted by Crippen LogP contribution is 2.30. The first kappa shape index (κ1) is 17.4. The number of fused-ring (bicyclic) bond motifs is 1. The largest absolute Gasteiger partial charge is 0.507 e. The summed E-state index contributed by atoms with van der Waals surface area (Å²) in [6.07, 6.45) is 1.49. The lowest BCUT2D eigenvalue weighted by molar-refractivity contribution is 0.0929. The summed E-state index contributed by atoms with van der Waals surface area (Å²) >= 11 is 8.81. The van der Waals surface area contributed by atoms with Gasteiger partial charge in [0.2, 0.25) is 0 Å². The fraction of sp³-hybridized carbons (Fsp3) is 0. The van der Waals surface area contributed by atoms with Crippen molar-refractivity contribution >= 4 is 77.5 Å². The van der Waals surface area contributed by atoms with E-state index in [1.165, 1.54) is 6.21 Å². The molecular formula is C16H9Br2IN2O3. The number of rotatable bonds is 3. The van der Waals surface area contributed by atoms with Crippen LogP contribution in [0.25, 0.3) is 11.0 Å². The van der Waals surface area contributed by atoms with Gasteiger partial charge < -0.3 is 9.52 Å². The minimum absolute atomic E-state index is 0.168. The van der Waals surface area contributed by atoms with Crippen LogP contribution in [0, 0.1) is 3.57 Å². The molecule has 0 atom stereocenters. The Morgan fingerprint density at radius 3 is 2.79 bits per heavy atom. The summed E-state index contributed by atoms with van der Waals surface area (Å²) in [4.78, 5) is 12.1. The molecule has 0 spiro atoms. The number of hydrogen-bond acceptors (Lipinski definition) is 4. The molecular weight excluding hydrogens is 555 g/mol. The number of amides is 1. The monoisotopic (exact) mass is 562 g/mol. The van der Waals surface area contributed by atoms with Gasteiger partial charge >= 0.3 is 5.91 Å². The highest BCUT2D eigenvalue weighted by molar-refractivity contribution is 14.1. The minimum atomic E-state index is -0.445. The van der Waals surface area contributed by atoms with Crippen LogP contribution in [0.2, 0.25) is 0 Å². The summed E-state index contributed by atoms with van der Waals surface area (Å²) in [6, 6.07) is 10.4. The maximum atomic E-state index is 12.1. The molecule has 3 rings (SSSR count). The Kier molecular flexibility index (Phi) is 5.26. The number of nitrogens with zero attached hydrogens (tertiary/aromatic N) is 1. The van der Waals surface area contributed by atoms with Crippen LogP contribution in [-0.2, 0) is 0 Å². The number of nitrogens with one attached hydrogen (secondary N) is 1. The molecule has 0 saturated heterocycles. The van der Waals surface area contributed by atoms with E-state index in [9.17, 15) is 9.90 Å². The molecule has 0 bridgehead atoms. The predicted octanol–water partition coefficient (Wildman–Crippen LogP) is 5.03. The second-order valence-corrected chi connectivity index (χ2v) is 7.76. The molecule has 0 aliphatic rings. The second-order valence-electron chi connectivity index (χ2n) is 4.83. The number of hydrogen-bond donors (Lipinski definition) is 2. The van der Waals surface area contributed by atoms with Crippen LogP contribution in [-0.4, -0.2) is 17.2 Å². The van der Waals surface area contributed by atoms with E-state index in [0.717, 1.165) is 19.9 Å². The van der Waals surface area contributed by atoms with Gasteiger partial charge in [0.25, 0.3) is 0 Å². The van der Waals surface area contributed by atoms with Crippen molar-refractivity contribution in [1.29, 1.82) is 0 Å². The van der Waals surface area contributed by atoms with E-state index in [-0.39, 0.29) is 11.5 Å². The third-order valence-electron chi connectivity index (χ3n) is 3.11. The average Bonchev–Trinajstić information content (AvgIpc) is 2.95. The number of benzene rings is 2. The molecule has 0 aliphatic heterocycles. The Balaban J connectivity index is 1.76. The maximum Gasteiger partial charge on any atom is 0.307 e. The summed E-state index contributed by atoms with van der Waals surface area (Å²) in [5.74, 6) is -0.0732. The van der Waals surface area contributed by atoms with Crippen molar-refractivity contribution in [2.75, 3.05) is 0 Å². The summed E-state index contributed by atoms with van der Waals surface area (Å²) < 4.78 is 7.91. The summed E-state index contributed by atoms with van der Waals surface area (Å²) in [5.41, 5.74) is 3.78. The first-order valence-corrected chi connectivity index (χ1v) is 9.31. The van der Waals surface area contributed by atoms with Crippen molar-refractivity contribution in [3.63, 3.8) is 0 Å². The highest BCUT2D eigenvalue weighted by atomic mass is 127. The number of carbonyl (C=O) groups excluding carboxylic acids is 1. The van der Waals surface area contributed by atoms with Gasteiger partial charge in [-0.25, -0.2) is 5.43 Å². The topological polar surface area (TPSA) is 74.8 Å². The Morgan fingerprint density at radius 1 is 1.25 bits per heavy atom. The minimum Gasteiger partial charge on any atom is -0.507 e. The predicted molar refractivity (Wildman–Crippen MR) is 107 cm³/mol. The maximum absolute atomic E-state index is 12.1. The molecule has 0 aliphatic carbocycles. The number of phenolic OH excluding ortho intramolecular Hbond substituents is 1.